The van der Waals surface area contributed by atoms with Crippen molar-refractivity contribution < 1.29 is 9.53 Å². The number of hydrogen-bond donors (Lipinski definition) is 1. The molecular weight excluding hydrogens is 476 g/mol. The number of methoxy groups -OCH3 is 1. The van der Waals surface area contributed by atoms with E-state index in [2.05, 4.69) is 54.8 Å². The molecule has 2 bridgehead atoms. The minimum absolute atomic E-state index is 0.0476. The lowest BCUT2D eigenvalue weighted by Crippen LogP contribution is -2.51. The quantitative estimate of drug-likeness (QED) is 0.404. The van der Waals surface area contributed by atoms with Crippen LogP contribution in [0.1, 0.15) is 82.9 Å². The van der Waals surface area contributed by atoms with E-state index in [1.54, 1.807) is 13.3 Å². The molecule has 0 atom stereocenters. The second-order valence-corrected chi connectivity index (χ2v) is 11.8. The number of hydrogen-bond acceptors (Lipinski definition) is 6. The minimum atomic E-state index is 0.0476. The molecule has 8 heteroatoms. The van der Waals surface area contributed by atoms with Crippen LogP contribution in [0, 0.1) is 11.3 Å². The first kappa shape index (κ1) is 25.0. The molecule has 4 fully saturated rings. The lowest BCUT2D eigenvalue weighted by molar-refractivity contribution is -0.120. The van der Waals surface area contributed by atoms with E-state index < -0.39 is 0 Å². The number of pyridine rings is 1. The van der Waals surface area contributed by atoms with Gasteiger partial charge in [0.05, 0.1) is 7.11 Å². The van der Waals surface area contributed by atoms with Crippen molar-refractivity contribution in [2.24, 2.45) is 11.3 Å². The third-order valence-corrected chi connectivity index (χ3v) is 9.64. The molecule has 7 rings (SSSR count). The largest absolute Gasteiger partial charge is 0.481 e. The summed E-state index contributed by atoms with van der Waals surface area (Å²) in [5.74, 6) is 2.24. The highest BCUT2D eigenvalue weighted by Crippen LogP contribution is 2.57. The number of anilines is 1. The number of aromatic nitrogens is 5. The zero-order chi connectivity index (χ0) is 26.0. The second kappa shape index (κ2) is 10.5. The van der Waals surface area contributed by atoms with Gasteiger partial charge in [0.2, 0.25) is 11.8 Å². The van der Waals surface area contributed by atoms with E-state index in [4.69, 9.17) is 4.74 Å². The Morgan fingerprint density at radius 1 is 1.03 bits per heavy atom. The number of nitrogens with one attached hydrogen (secondary N) is 1. The Balaban J connectivity index is 1.27. The van der Waals surface area contributed by atoms with E-state index in [0.717, 1.165) is 67.7 Å². The number of amides is 1. The monoisotopic (exact) mass is 514 g/mol. The third-order valence-electron chi connectivity index (χ3n) is 9.64. The molecular formula is C30H38N6O2. The van der Waals surface area contributed by atoms with Gasteiger partial charge in [0.15, 0.2) is 5.82 Å². The Labute approximate surface area is 224 Å². The molecule has 0 saturated heterocycles. The predicted octanol–water partition coefficient (Wildman–Crippen LogP) is 5.87. The Morgan fingerprint density at radius 3 is 2.50 bits per heavy atom. The number of nitrogens with zero attached hydrogens (tertiary/aromatic N) is 5. The van der Waals surface area contributed by atoms with Crippen LogP contribution in [-0.4, -0.2) is 45.2 Å². The van der Waals surface area contributed by atoms with Gasteiger partial charge < -0.3 is 9.64 Å². The van der Waals surface area contributed by atoms with Crippen LogP contribution in [0.3, 0.4) is 0 Å². The van der Waals surface area contributed by atoms with Crippen molar-refractivity contribution in [3.63, 3.8) is 0 Å². The zero-order valence-corrected chi connectivity index (χ0v) is 22.4. The van der Waals surface area contributed by atoms with Gasteiger partial charge in [-0.25, -0.2) is 4.98 Å². The normalized spacial score (nSPS) is 25.3. The molecule has 0 radical (unpaired) electrons. The second-order valence-electron chi connectivity index (χ2n) is 11.8. The van der Waals surface area contributed by atoms with Crippen LogP contribution in [0.4, 0.5) is 5.69 Å². The van der Waals surface area contributed by atoms with Gasteiger partial charge in [-0.05, 0) is 92.0 Å². The summed E-state index contributed by atoms with van der Waals surface area (Å²) in [6.07, 6.45) is 15.0. The smallest absolute Gasteiger partial charge is 0.227 e. The fourth-order valence-corrected chi connectivity index (χ4v) is 7.18. The van der Waals surface area contributed by atoms with E-state index in [0.29, 0.717) is 18.2 Å². The van der Waals surface area contributed by atoms with Gasteiger partial charge in [0.1, 0.15) is 0 Å². The Bertz CT molecular complexity index is 1230. The van der Waals surface area contributed by atoms with E-state index in [1.165, 1.54) is 32.1 Å². The van der Waals surface area contributed by atoms with Gasteiger partial charge in [-0.2, -0.15) is 5.21 Å². The number of H-pyrrole nitrogens is 1. The number of carbonyl (C=O) groups is 1. The highest BCUT2D eigenvalue weighted by atomic mass is 16.5. The van der Waals surface area contributed by atoms with Crippen LogP contribution in [0.2, 0.25) is 0 Å². The molecule has 1 amide bonds. The number of rotatable bonds is 8. The topological polar surface area (TPSA) is 96.9 Å². The molecule has 4 aliphatic carbocycles. The van der Waals surface area contributed by atoms with Crippen LogP contribution < -0.4 is 9.64 Å². The van der Waals surface area contributed by atoms with Crippen molar-refractivity contribution in [2.75, 3.05) is 18.6 Å². The van der Waals surface area contributed by atoms with Crippen molar-refractivity contribution in [1.29, 1.82) is 0 Å². The standard InChI is InChI=1S/C30H38N6O2/c1-38-26-20-24(10-17-31-26)23-8-5-9-25(19-23)36(27(37)18-22-6-3-2-4-7-22)21-29-11-14-30(15-12-29,16-13-29)28-32-34-35-33-28/h5,8-10,17,19-20,22H,2-4,6-7,11-16,18,21H2,1H3,(H,32,33,34,35). The first-order valence-electron chi connectivity index (χ1n) is 14.2. The molecule has 1 aromatic carbocycles. The molecule has 4 saturated carbocycles. The number of carbonyl (C=O) groups excluding carboxylic acids is 1. The van der Waals surface area contributed by atoms with Gasteiger partial charge in [0, 0.05) is 36.3 Å². The molecule has 3 aromatic rings. The molecule has 2 aromatic heterocycles. The molecule has 2 heterocycles. The van der Waals surface area contributed by atoms with Crippen molar-refractivity contribution >= 4 is 11.6 Å². The third kappa shape index (κ3) is 4.93. The molecule has 200 valence electrons. The maximum absolute atomic E-state index is 14.0. The highest BCUT2D eigenvalue weighted by Gasteiger charge is 2.52. The van der Waals surface area contributed by atoms with Crippen LogP contribution in [0.15, 0.2) is 42.6 Å². The molecule has 8 nitrogen and oxygen atoms in total. The van der Waals surface area contributed by atoms with E-state index in [9.17, 15) is 4.79 Å². The average molecular weight is 515 g/mol. The predicted molar refractivity (Wildman–Crippen MR) is 146 cm³/mol. The Hall–Kier alpha value is -3.29. The maximum atomic E-state index is 14.0. The summed E-state index contributed by atoms with van der Waals surface area (Å²) in [5.41, 5.74) is 3.29. The summed E-state index contributed by atoms with van der Waals surface area (Å²) in [7, 11) is 1.63. The number of fused-ring (bicyclic) bond motifs is 3. The van der Waals surface area contributed by atoms with E-state index in [-0.39, 0.29) is 16.7 Å². The van der Waals surface area contributed by atoms with E-state index >= 15 is 0 Å². The number of ether oxygens (including phenoxy) is 1. The SMILES string of the molecule is COc1cc(-c2cccc(N(CC34CCC(c5nn[nH]n5)(CC3)CC4)C(=O)CC3CCCCC3)c2)ccn1. The molecule has 0 unspecified atom stereocenters. The van der Waals surface area contributed by atoms with Crippen molar-refractivity contribution in [3.8, 4) is 17.0 Å². The van der Waals surface area contributed by atoms with Crippen molar-refractivity contribution in [1.82, 2.24) is 25.6 Å². The first-order valence-corrected chi connectivity index (χ1v) is 14.2. The van der Waals surface area contributed by atoms with Gasteiger partial charge in [-0.15, -0.1) is 10.2 Å². The molecule has 4 aliphatic rings. The summed E-state index contributed by atoms with van der Waals surface area (Å²) in [5, 5.41) is 15.2. The van der Waals surface area contributed by atoms with Crippen LogP contribution in [-0.2, 0) is 10.2 Å². The van der Waals surface area contributed by atoms with Crippen LogP contribution in [0.25, 0.3) is 11.1 Å². The maximum Gasteiger partial charge on any atom is 0.227 e. The van der Waals surface area contributed by atoms with Crippen molar-refractivity contribution in [2.45, 2.75) is 82.5 Å². The van der Waals surface area contributed by atoms with Crippen LogP contribution >= 0.6 is 0 Å². The van der Waals surface area contributed by atoms with Gasteiger partial charge in [-0.1, -0.05) is 36.6 Å². The highest BCUT2D eigenvalue weighted by molar-refractivity contribution is 5.94. The molecule has 0 spiro atoms. The van der Waals surface area contributed by atoms with Gasteiger partial charge >= 0.3 is 0 Å². The molecule has 38 heavy (non-hydrogen) atoms. The fraction of sp³-hybridized carbons (Fsp3) is 0.567. The minimum Gasteiger partial charge on any atom is -0.481 e. The lowest BCUT2D eigenvalue weighted by Gasteiger charge is -2.53. The number of aromatic amines is 1. The Morgan fingerprint density at radius 2 is 1.79 bits per heavy atom. The number of benzene rings is 1. The van der Waals surface area contributed by atoms with E-state index in [1.807, 2.05) is 12.1 Å². The summed E-state index contributed by atoms with van der Waals surface area (Å²) < 4.78 is 5.35. The fourth-order valence-electron chi connectivity index (χ4n) is 7.18. The lowest BCUT2D eigenvalue weighted by atomic mass is 9.53. The first-order chi connectivity index (χ1) is 18.6. The number of tetrazole rings is 1. The Kier molecular flexibility index (Phi) is 6.89. The summed E-state index contributed by atoms with van der Waals surface area (Å²) in [4.78, 5) is 20.4. The van der Waals surface area contributed by atoms with Crippen LogP contribution in [0.5, 0.6) is 5.88 Å². The zero-order valence-electron chi connectivity index (χ0n) is 22.4. The summed E-state index contributed by atoms with van der Waals surface area (Å²) >= 11 is 0. The van der Waals surface area contributed by atoms with Gasteiger partial charge in [-0.3, -0.25) is 4.79 Å². The summed E-state index contributed by atoms with van der Waals surface area (Å²) in [6.45, 7) is 0.782. The van der Waals surface area contributed by atoms with Crippen molar-refractivity contribution in [3.05, 3.63) is 48.4 Å². The molecule has 0 aliphatic heterocycles. The average Bonchev–Trinajstić information content (AvgIpc) is 3.54. The summed E-state index contributed by atoms with van der Waals surface area (Å²) in [6, 6.07) is 12.4. The molecule has 1 N–H and O–H groups in total. The van der Waals surface area contributed by atoms with Gasteiger partial charge in [0.25, 0.3) is 0 Å².